The van der Waals surface area contributed by atoms with Crippen molar-refractivity contribution in [3.63, 3.8) is 0 Å². The molecule has 3 atom stereocenters. The number of hydrogen-bond donors (Lipinski definition) is 1. The number of ether oxygens (including phenoxy) is 2. The van der Waals surface area contributed by atoms with Crippen LogP contribution in [0.5, 0.6) is 5.75 Å². The predicted octanol–water partition coefficient (Wildman–Crippen LogP) is 2.34. The number of benzene rings is 1. The Morgan fingerprint density at radius 3 is 2.57 bits per heavy atom. The highest BCUT2D eigenvalue weighted by molar-refractivity contribution is 6.13. The molecule has 1 heterocycles. The first kappa shape index (κ1) is 14.5. The van der Waals surface area contributed by atoms with Gasteiger partial charge in [-0.2, -0.15) is 0 Å². The number of carbonyl (C=O) groups is 2. The van der Waals surface area contributed by atoms with Gasteiger partial charge in [0.2, 0.25) is 5.78 Å². The van der Waals surface area contributed by atoms with E-state index >= 15 is 0 Å². The SMILES string of the molecule is COc1ccc2c(c1)[C@@]1(C)C(=C(O)C2=O)C(C)(C)C(=O)C2OC21. The van der Waals surface area contributed by atoms with Crippen LogP contribution in [0.1, 0.15) is 36.7 Å². The highest BCUT2D eigenvalue weighted by atomic mass is 16.6. The summed E-state index contributed by atoms with van der Waals surface area (Å²) >= 11 is 0. The number of ketones is 2. The molecule has 5 heteroatoms. The monoisotopic (exact) mass is 314 g/mol. The molecule has 1 saturated heterocycles. The van der Waals surface area contributed by atoms with Crippen molar-refractivity contribution >= 4 is 11.6 Å². The number of Topliss-reactive ketones (excluding diaryl/α,β-unsaturated/α-hetero) is 2. The van der Waals surface area contributed by atoms with Gasteiger partial charge in [-0.05, 0) is 44.5 Å². The lowest BCUT2D eigenvalue weighted by molar-refractivity contribution is -0.127. The summed E-state index contributed by atoms with van der Waals surface area (Å²) in [5.41, 5.74) is -0.0205. The maximum Gasteiger partial charge on any atom is 0.227 e. The van der Waals surface area contributed by atoms with Crippen LogP contribution in [-0.2, 0) is 14.9 Å². The Hall–Kier alpha value is -2.14. The molecule has 0 bridgehead atoms. The van der Waals surface area contributed by atoms with Crippen molar-refractivity contribution in [2.24, 2.45) is 5.41 Å². The zero-order valence-corrected chi connectivity index (χ0v) is 13.5. The van der Waals surface area contributed by atoms with Crippen molar-refractivity contribution in [2.75, 3.05) is 7.11 Å². The summed E-state index contributed by atoms with van der Waals surface area (Å²) in [6.07, 6.45) is -0.821. The van der Waals surface area contributed by atoms with Crippen molar-refractivity contribution in [3.8, 4) is 5.75 Å². The number of methoxy groups -OCH3 is 1. The molecule has 2 fully saturated rings. The van der Waals surface area contributed by atoms with E-state index in [0.29, 0.717) is 16.9 Å². The summed E-state index contributed by atoms with van der Waals surface area (Å²) < 4.78 is 11.0. The van der Waals surface area contributed by atoms with E-state index in [1.54, 1.807) is 33.1 Å². The first-order valence-corrected chi connectivity index (χ1v) is 7.61. The minimum absolute atomic E-state index is 0.0827. The molecular weight excluding hydrogens is 296 g/mol. The van der Waals surface area contributed by atoms with Gasteiger partial charge in [0.15, 0.2) is 11.5 Å². The summed E-state index contributed by atoms with van der Waals surface area (Å²) in [5.74, 6) is -0.223. The fourth-order valence-electron chi connectivity index (χ4n) is 4.37. The molecule has 23 heavy (non-hydrogen) atoms. The summed E-state index contributed by atoms with van der Waals surface area (Å²) in [5, 5.41) is 10.6. The highest BCUT2D eigenvalue weighted by Crippen LogP contribution is 2.61. The Bertz CT molecular complexity index is 804. The van der Waals surface area contributed by atoms with Crippen LogP contribution in [0.4, 0.5) is 0 Å². The van der Waals surface area contributed by atoms with Crippen LogP contribution in [-0.4, -0.2) is 36.0 Å². The Morgan fingerprint density at radius 1 is 1.22 bits per heavy atom. The molecule has 1 aromatic rings. The molecule has 1 aliphatic heterocycles. The van der Waals surface area contributed by atoms with Crippen LogP contribution >= 0.6 is 0 Å². The first-order chi connectivity index (χ1) is 10.7. The topological polar surface area (TPSA) is 76.1 Å². The zero-order valence-electron chi connectivity index (χ0n) is 13.5. The molecule has 0 amide bonds. The van der Waals surface area contributed by atoms with Gasteiger partial charge >= 0.3 is 0 Å². The molecule has 0 aromatic heterocycles. The summed E-state index contributed by atoms with van der Waals surface area (Å²) in [6, 6.07) is 5.17. The van der Waals surface area contributed by atoms with Crippen molar-refractivity contribution in [1.29, 1.82) is 0 Å². The lowest BCUT2D eigenvalue weighted by atomic mass is 9.54. The first-order valence-electron chi connectivity index (χ1n) is 7.61. The third kappa shape index (κ3) is 1.51. The molecular formula is C18H18O5. The standard InChI is InChI=1S/C18H18O5/c1-17(2)14-12(20)11(19)9-6-5-8(22-4)7-10(9)18(14,3)16-13(23-16)15(17)21/h5-7,13,16,20H,1-4H3/t13?,16?,18-/m0/s1. The van der Waals surface area contributed by atoms with Crippen molar-refractivity contribution < 1.29 is 24.2 Å². The van der Waals surface area contributed by atoms with Crippen LogP contribution in [0.15, 0.2) is 29.5 Å². The number of aliphatic hydroxyl groups is 1. The Kier molecular flexibility index (Phi) is 2.53. The quantitative estimate of drug-likeness (QED) is 0.805. The second-order valence-corrected chi connectivity index (χ2v) is 7.13. The van der Waals surface area contributed by atoms with Crippen molar-refractivity contribution in [2.45, 2.75) is 38.4 Å². The van der Waals surface area contributed by atoms with Gasteiger partial charge < -0.3 is 14.6 Å². The molecule has 0 spiro atoms. The molecule has 0 radical (unpaired) electrons. The minimum atomic E-state index is -0.951. The molecule has 1 saturated carbocycles. The highest BCUT2D eigenvalue weighted by Gasteiger charge is 2.70. The summed E-state index contributed by atoms with van der Waals surface area (Å²) in [7, 11) is 1.56. The molecule has 5 nitrogen and oxygen atoms in total. The third-order valence-electron chi connectivity index (χ3n) is 5.56. The fraction of sp³-hybridized carbons (Fsp3) is 0.444. The molecule has 4 rings (SSSR count). The van der Waals surface area contributed by atoms with E-state index in [1.165, 1.54) is 0 Å². The third-order valence-corrected chi connectivity index (χ3v) is 5.56. The lowest BCUT2D eigenvalue weighted by Gasteiger charge is -2.45. The van der Waals surface area contributed by atoms with Gasteiger partial charge in [0.1, 0.15) is 18.0 Å². The van der Waals surface area contributed by atoms with Crippen LogP contribution in [0, 0.1) is 5.41 Å². The molecule has 2 unspecified atom stereocenters. The number of rotatable bonds is 1. The molecule has 120 valence electrons. The second kappa shape index (κ2) is 4.03. The maximum atomic E-state index is 12.6. The Labute approximate surface area is 133 Å². The van der Waals surface area contributed by atoms with E-state index in [0.717, 1.165) is 5.56 Å². The van der Waals surface area contributed by atoms with Gasteiger partial charge in [0, 0.05) is 16.6 Å². The number of hydrogen-bond acceptors (Lipinski definition) is 5. The van der Waals surface area contributed by atoms with Gasteiger partial charge in [-0.25, -0.2) is 0 Å². The van der Waals surface area contributed by atoms with Gasteiger partial charge in [-0.15, -0.1) is 0 Å². The fourth-order valence-corrected chi connectivity index (χ4v) is 4.37. The Balaban J connectivity index is 2.06. The number of aliphatic hydroxyl groups excluding tert-OH is 1. The number of carbonyl (C=O) groups excluding carboxylic acids is 2. The molecule has 2 aliphatic carbocycles. The van der Waals surface area contributed by atoms with Gasteiger partial charge in [-0.1, -0.05) is 0 Å². The normalized spacial score (nSPS) is 33.7. The van der Waals surface area contributed by atoms with Gasteiger partial charge in [0.05, 0.1) is 12.5 Å². The van der Waals surface area contributed by atoms with Gasteiger partial charge in [-0.3, -0.25) is 9.59 Å². The van der Waals surface area contributed by atoms with Crippen LogP contribution in [0.2, 0.25) is 0 Å². The Morgan fingerprint density at radius 2 is 1.91 bits per heavy atom. The lowest BCUT2D eigenvalue weighted by Crippen LogP contribution is -2.52. The van der Waals surface area contributed by atoms with Crippen LogP contribution < -0.4 is 4.74 Å². The minimum Gasteiger partial charge on any atom is -0.504 e. The number of epoxide rings is 1. The van der Waals surface area contributed by atoms with Gasteiger partial charge in [0.25, 0.3) is 0 Å². The van der Waals surface area contributed by atoms with Crippen molar-refractivity contribution in [3.05, 3.63) is 40.7 Å². The van der Waals surface area contributed by atoms with E-state index in [2.05, 4.69) is 0 Å². The molecule has 3 aliphatic rings. The summed E-state index contributed by atoms with van der Waals surface area (Å²) in [4.78, 5) is 25.2. The predicted molar refractivity (Wildman–Crippen MR) is 81.8 cm³/mol. The smallest absolute Gasteiger partial charge is 0.227 e. The maximum absolute atomic E-state index is 12.6. The van der Waals surface area contributed by atoms with E-state index < -0.39 is 22.7 Å². The van der Waals surface area contributed by atoms with E-state index in [4.69, 9.17) is 9.47 Å². The second-order valence-electron chi connectivity index (χ2n) is 7.13. The number of fused-ring (bicyclic) bond motifs is 5. The molecule has 1 aromatic carbocycles. The molecule has 1 N–H and O–H groups in total. The van der Waals surface area contributed by atoms with E-state index in [-0.39, 0.29) is 17.6 Å². The van der Waals surface area contributed by atoms with E-state index in [1.807, 2.05) is 13.0 Å². The van der Waals surface area contributed by atoms with Crippen LogP contribution in [0.25, 0.3) is 0 Å². The zero-order chi connectivity index (χ0) is 16.7. The largest absolute Gasteiger partial charge is 0.504 e. The average Bonchev–Trinajstić information content (AvgIpc) is 3.31. The van der Waals surface area contributed by atoms with Crippen LogP contribution in [0.3, 0.4) is 0 Å². The number of allylic oxidation sites excluding steroid dienone is 1. The summed E-state index contributed by atoms with van der Waals surface area (Å²) in [6.45, 7) is 5.42. The van der Waals surface area contributed by atoms with Crippen molar-refractivity contribution in [1.82, 2.24) is 0 Å². The average molecular weight is 314 g/mol. The van der Waals surface area contributed by atoms with E-state index in [9.17, 15) is 14.7 Å².